The third-order valence-corrected chi connectivity index (χ3v) is 3.40. The topological polar surface area (TPSA) is 29.1 Å². The fourth-order valence-electron chi connectivity index (χ4n) is 2.04. The molecule has 0 aromatic heterocycles. The van der Waals surface area contributed by atoms with Gasteiger partial charge in [-0.3, -0.25) is 4.79 Å². The van der Waals surface area contributed by atoms with Crippen LogP contribution in [0, 0.1) is 17.6 Å². The van der Waals surface area contributed by atoms with Gasteiger partial charge in [-0.2, -0.15) is 0 Å². The first-order valence-electron chi connectivity index (χ1n) is 5.42. The van der Waals surface area contributed by atoms with Crippen molar-refractivity contribution in [3.63, 3.8) is 0 Å². The van der Waals surface area contributed by atoms with E-state index in [0.717, 1.165) is 25.0 Å². The number of carbonyl (C=O) groups excluding carboxylic acids is 1. The summed E-state index contributed by atoms with van der Waals surface area (Å²) in [5.74, 6) is -1.80. The van der Waals surface area contributed by atoms with Gasteiger partial charge in [0.05, 0.1) is 0 Å². The number of nitrogens with one attached hydrogen (secondary N) is 1. The highest BCUT2D eigenvalue weighted by Gasteiger charge is 2.28. The molecule has 2 rings (SSSR count). The van der Waals surface area contributed by atoms with Gasteiger partial charge in [0.1, 0.15) is 17.2 Å². The number of rotatable bonds is 2. The van der Waals surface area contributed by atoms with Crippen molar-refractivity contribution in [2.75, 3.05) is 0 Å². The van der Waals surface area contributed by atoms with Crippen molar-refractivity contribution in [1.29, 1.82) is 0 Å². The number of benzene rings is 1. The molecule has 5 heteroatoms. The summed E-state index contributed by atoms with van der Waals surface area (Å²) in [6.07, 6.45) is 1.73. The molecule has 0 bridgehead atoms. The first-order valence-corrected chi connectivity index (χ1v) is 6.22. The lowest BCUT2D eigenvalue weighted by atomic mass is 9.82. The predicted octanol–water partition coefficient (Wildman–Crippen LogP) is 3.26. The highest BCUT2D eigenvalue weighted by atomic mass is 79.9. The molecular weight excluding hydrogens is 292 g/mol. The smallest absolute Gasteiger partial charge is 0.257 e. The van der Waals surface area contributed by atoms with Crippen LogP contribution in [0.2, 0.25) is 0 Å². The van der Waals surface area contributed by atoms with Gasteiger partial charge in [-0.05, 0) is 30.9 Å². The van der Waals surface area contributed by atoms with Gasteiger partial charge in [0.25, 0.3) is 5.91 Å². The van der Waals surface area contributed by atoms with E-state index < -0.39 is 23.1 Å². The maximum atomic E-state index is 13.5. The zero-order valence-corrected chi connectivity index (χ0v) is 10.9. The molecule has 1 N–H and O–H groups in total. The molecule has 17 heavy (non-hydrogen) atoms. The molecular formula is C12H12BrF2NO. The number of hydrogen-bond donors (Lipinski definition) is 1. The van der Waals surface area contributed by atoms with E-state index in [0.29, 0.717) is 5.92 Å². The second-order valence-corrected chi connectivity index (χ2v) is 5.41. The lowest BCUT2D eigenvalue weighted by Crippen LogP contribution is -2.43. The van der Waals surface area contributed by atoms with Gasteiger partial charge < -0.3 is 5.32 Å². The number of carbonyl (C=O) groups is 1. The Balaban J connectivity index is 2.14. The number of hydrogen-bond acceptors (Lipinski definition) is 1. The summed E-state index contributed by atoms with van der Waals surface area (Å²) >= 11 is 2.97. The zero-order valence-electron chi connectivity index (χ0n) is 9.27. The molecule has 1 saturated carbocycles. The Hall–Kier alpha value is -0.970. The summed E-state index contributed by atoms with van der Waals surface area (Å²) in [7, 11) is 0. The molecule has 1 fully saturated rings. The summed E-state index contributed by atoms with van der Waals surface area (Å²) in [5.41, 5.74) is -0.507. The van der Waals surface area contributed by atoms with Crippen LogP contribution in [0.25, 0.3) is 0 Å². The van der Waals surface area contributed by atoms with Crippen LogP contribution in [0.15, 0.2) is 16.6 Å². The van der Waals surface area contributed by atoms with E-state index in [1.54, 1.807) is 0 Å². The van der Waals surface area contributed by atoms with Gasteiger partial charge >= 0.3 is 0 Å². The SMILES string of the molecule is CC1CC(NC(=O)c2c(F)cc(Br)cc2F)C1. The fraction of sp³-hybridized carbons (Fsp3) is 0.417. The Morgan fingerprint density at radius 3 is 2.35 bits per heavy atom. The van der Waals surface area contributed by atoms with E-state index in [1.807, 2.05) is 0 Å². The highest BCUT2D eigenvalue weighted by Crippen LogP contribution is 2.27. The minimum atomic E-state index is -0.846. The Kier molecular flexibility index (Phi) is 3.47. The maximum Gasteiger partial charge on any atom is 0.257 e. The molecule has 0 heterocycles. The molecule has 0 saturated heterocycles. The molecule has 2 nitrogen and oxygen atoms in total. The summed E-state index contributed by atoms with van der Waals surface area (Å²) < 4.78 is 27.2. The Morgan fingerprint density at radius 1 is 1.35 bits per heavy atom. The standard InChI is InChI=1S/C12H12BrF2NO/c1-6-2-8(3-6)16-12(17)11-9(14)4-7(13)5-10(11)15/h4-6,8H,2-3H2,1H3,(H,16,17). The molecule has 0 unspecified atom stereocenters. The van der Waals surface area contributed by atoms with Crippen LogP contribution < -0.4 is 5.32 Å². The van der Waals surface area contributed by atoms with Crippen molar-refractivity contribution >= 4 is 21.8 Å². The van der Waals surface area contributed by atoms with Gasteiger partial charge in [0, 0.05) is 10.5 Å². The second kappa shape index (κ2) is 4.72. The first-order chi connectivity index (χ1) is 7.97. The van der Waals surface area contributed by atoms with Crippen LogP contribution in [0.4, 0.5) is 8.78 Å². The predicted molar refractivity (Wildman–Crippen MR) is 63.7 cm³/mol. The summed E-state index contributed by atoms with van der Waals surface area (Å²) in [6.45, 7) is 2.07. The van der Waals surface area contributed by atoms with E-state index in [9.17, 15) is 13.6 Å². The maximum absolute atomic E-state index is 13.5. The minimum absolute atomic E-state index is 0.0416. The van der Waals surface area contributed by atoms with E-state index in [2.05, 4.69) is 28.2 Å². The van der Waals surface area contributed by atoms with Crippen LogP contribution in [-0.4, -0.2) is 11.9 Å². The van der Waals surface area contributed by atoms with Crippen LogP contribution in [0.1, 0.15) is 30.1 Å². The minimum Gasteiger partial charge on any atom is -0.349 e. The van der Waals surface area contributed by atoms with Crippen LogP contribution in [0.5, 0.6) is 0 Å². The average Bonchev–Trinajstić information content (AvgIpc) is 2.13. The molecule has 0 spiro atoms. The Labute approximate surface area is 107 Å². The molecule has 0 aliphatic heterocycles. The van der Waals surface area contributed by atoms with Crippen LogP contribution in [-0.2, 0) is 0 Å². The van der Waals surface area contributed by atoms with Gasteiger partial charge in [0.2, 0.25) is 0 Å². The van der Waals surface area contributed by atoms with Crippen molar-refractivity contribution in [3.8, 4) is 0 Å². The van der Waals surface area contributed by atoms with Gasteiger partial charge in [-0.15, -0.1) is 0 Å². The number of halogens is 3. The number of amides is 1. The molecule has 1 aliphatic carbocycles. The molecule has 0 atom stereocenters. The third-order valence-electron chi connectivity index (χ3n) is 2.94. The van der Waals surface area contributed by atoms with Crippen molar-refractivity contribution in [2.45, 2.75) is 25.8 Å². The Morgan fingerprint density at radius 2 is 1.88 bits per heavy atom. The zero-order chi connectivity index (χ0) is 12.6. The monoisotopic (exact) mass is 303 g/mol. The van der Waals surface area contributed by atoms with E-state index in [4.69, 9.17) is 0 Å². The largest absolute Gasteiger partial charge is 0.349 e. The summed E-state index contributed by atoms with van der Waals surface area (Å²) in [4.78, 5) is 11.7. The van der Waals surface area contributed by atoms with Gasteiger partial charge in [-0.25, -0.2) is 8.78 Å². The molecule has 1 aliphatic rings. The average molecular weight is 304 g/mol. The van der Waals surface area contributed by atoms with Crippen molar-refractivity contribution < 1.29 is 13.6 Å². The third kappa shape index (κ3) is 2.65. The molecule has 1 amide bonds. The molecule has 1 aromatic carbocycles. The molecule has 0 radical (unpaired) electrons. The molecule has 92 valence electrons. The normalized spacial score (nSPS) is 23.1. The first kappa shape index (κ1) is 12.5. The van der Waals surface area contributed by atoms with Gasteiger partial charge in [0.15, 0.2) is 0 Å². The van der Waals surface area contributed by atoms with Gasteiger partial charge in [-0.1, -0.05) is 22.9 Å². The lowest BCUT2D eigenvalue weighted by Gasteiger charge is -2.33. The molecule has 1 aromatic rings. The summed E-state index contributed by atoms with van der Waals surface area (Å²) in [6, 6.07) is 2.21. The Bertz CT molecular complexity index is 435. The van der Waals surface area contributed by atoms with E-state index >= 15 is 0 Å². The van der Waals surface area contributed by atoms with Crippen molar-refractivity contribution in [2.24, 2.45) is 5.92 Å². The summed E-state index contributed by atoms with van der Waals surface area (Å²) in [5, 5.41) is 2.63. The van der Waals surface area contributed by atoms with E-state index in [-0.39, 0.29) is 10.5 Å². The van der Waals surface area contributed by atoms with Crippen molar-refractivity contribution in [1.82, 2.24) is 5.32 Å². The quantitative estimate of drug-likeness (QED) is 0.893. The lowest BCUT2D eigenvalue weighted by molar-refractivity contribution is 0.0887. The highest BCUT2D eigenvalue weighted by molar-refractivity contribution is 9.10. The van der Waals surface area contributed by atoms with Crippen LogP contribution in [0.3, 0.4) is 0 Å². The van der Waals surface area contributed by atoms with Crippen LogP contribution >= 0.6 is 15.9 Å². The fourth-order valence-corrected chi connectivity index (χ4v) is 2.44. The van der Waals surface area contributed by atoms with Crippen molar-refractivity contribution in [3.05, 3.63) is 33.8 Å². The van der Waals surface area contributed by atoms with E-state index in [1.165, 1.54) is 0 Å². The second-order valence-electron chi connectivity index (χ2n) is 4.49.